The van der Waals surface area contributed by atoms with E-state index in [-0.39, 0.29) is 0 Å². The quantitative estimate of drug-likeness (QED) is 0.616. The minimum absolute atomic E-state index is 0.397. The molecular formula is C14H10BrClO3. The van der Waals surface area contributed by atoms with E-state index in [2.05, 4.69) is 15.9 Å². The number of halogens is 2. The number of esters is 1. The largest absolute Gasteiger partial charge is 0.497 e. The molecule has 0 radical (unpaired) electrons. The summed E-state index contributed by atoms with van der Waals surface area (Å²) in [6.45, 7) is 0. The van der Waals surface area contributed by atoms with Crippen LogP contribution in [0.1, 0.15) is 10.4 Å². The molecule has 5 heteroatoms. The monoisotopic (exact) mass is 340 g/mol. The van der Waals surface area contributed by atoms with Crippen LogP contribution in [0.15, 0.2) is 46.9 Å². The Labute approximate surface area is 124 Å². The summed E-state index contributed by atoms with van der Waals surface area (Å²) in [5.74, 6) is 0.559. The molecule has 0 unspecified atom stereocenters. The lowest BCUT2D eigenvalue weighted by molar-refractivity contribution is 0.0733. The lowest BCUT2D eigenvalue weighted by Gasteiger charge is -2.07. The maximum Gasteiger partial charge on any atom is 0.344 e. The van der Waals surface area contributed by atoms with Gasteiger partial charge in [0.1, 0.15) is 11.5 Å². The Hall–Kier alpha value is -1.52. The second kappa shape index (κ2) is 6.08. The highest BCUT2D eigenvalue weighted by Crippen LogP contribution is 2.24. The van der Waals surface area contributed by atoms with Crippen LogP contribution in [-0.4, -0.2) is 13.1 Å². The van der Waals surface area contributed by atoms with Gasteiger partial charge >= 0.3 is 5.97 Å². The molecule has 2 rings (SSSR count). The van der Waals surface area contributed by atoms with Crippen molar-refractivity contribution in [1.29, 1.82) is 0 Å². The van der Waals surface area contributed by atoms with E-state index in [1.807, 2.05) is 0 Å². The van der Waals surface area contributed by atoms with Crippen molar-refractivity contribution in [1.82, 2.24) is 0 Å². The summed E-state index contributed by atoms with van der Waals surface area (Å²) < 4.78 is 11.0. The molecule has 0 atom stereocenters. The van der Waals surface area contributed by atoms with Crippen LogP contribution in [0.5, 0.6) is 11.5 Å². The molecule has 0 saturated heterocycles. The average Bonchev–Trinajstić information content (AvgIpc) is 2.42. The standard InChI is InChI=1S/C14H10BrClO3/c1-18-11-6-7-13(15)12(8-11)14(17)19-10-4-2-9(16)3-5-10/h2-8H,1H3. The molecule has 0 fully saturated rings. The molecule has 19 heavy (non-hydrogen) atoms. The van der Waals surface area contributed by atoms with Crippen LogP contribution in [0, 0.1) is 0 Å². The molecule has 0 heterocycles. The number of benzene rings is 2. The van der Waals surface area contributed by atoms with Crippen molar-refractivity contribution >= 4 is 33.5 Å². The van der Waals surface area contributed by atoms with Gasteiger partial charge in [-0.1, -0.05) is 11.6 Å². The van der Waals surface area contributed by atoms with Crippen molar-refractivity contribution in [3.63, 3.8) is 0 Å². The van der Waals surface area contributed by atoms with E-state index in [0.717, 1.165) is 0 Å². The van der Waals surface area contributed by atoms with Crippen molar-refractivity contribution in [3.8, 4) is 11.5 Å². The van der Waals surface area contributed by atoms with Crippen molar-refractivity contribution < 1.29 is 14.3 Å². The minimum atomic E-state index is -0.465. The molecule has 0 aliphatic carbocycles. The molecule has 0 aliphatic rings. The summed E-state index contributed by atoms with van der Waals surface area (Å²) in [5, 5.41) is 0.586. The third-order valence-corrected chi connectivity index (χ3v) is 3.36. The summed E-state index contributed by atoms with van der Waals surface area (Å²) in [6.07, 6.45) is 0. The SMILES string of the molecule is COc1ccc(Br)c(C(=O)Oc2ccc(Cl)cc2)c1. The average molecular weight is 342 g/mol. The molecule has 2 aromatic carbocycles. The van der Waals surface area contributed by atoms with E-state index < -0.39 is 5.97 Å². The van der Waals surface area contributed by atoms with E-state index in [1.165, 1.54) is 7.11 Å². The van der Waals surface area contributed by atoms with Gasteiger partial charge in [-0.25, -0.2) is 4.79 Å². The first-order valence-electron chi connectivity index (χ1n) is 5.41. The lowest BCUT2D eigenvalue weighted by atomic mass is 10.2. The zero-order valence-corrected chi connectivity index (χ0v) is 12.4. The zero-order chi connectivity index (χ0) is 13.8. The van der Waals surface area contributed by atoms with Crippen LogP contribution in [0.25, 0.3) is 0 Å². The highest BCUT2D eigenvalue weighted by atomic mass is 79.9. The number of rotatable bonds is 3. The van der Waals surface area contributed by atoms with Gasteiger partial charge in [0, 0.05) is 9.50 Å². The molecule has 3 nitrogen and oxygen atoms in total. The van der Waals surface area contributed by atoms with Gasteiger partial charge in [-0.05, 0) is 58.4 Å². The van der Waals surface area contributed by atoms with Crippen molar-refractivity contribution in [3.05, 3.63) is 57.5 Å². The summed E-state index contributed by atoms with van der Waals surface area (Å²) >= 11 is 9.07. The van der Waals surface area contributed by atoms with Crippen LogP contribution >= 0.6 is 27.5 Å². The molecule has 0 N–H and O–H groups in total. The minimum Gasteiger partial charge on any atom is -0.497 e. The molecule has 0 spiro atoms. The number of ether oxygens (including phenoxy) is 2. The van der Waals surface area contributed by atoms with Gasteiger partial charge in [0.25, 0.3) is 0 Å². The molecule has 0 aromatic heterocycles. The fraction of sp³-hybridized carbons (Fsp3) is 0.0714. The highest BCUT2D eigenvalue weighted by molar-refractivity contribution is 9.10. The predicted molar refractivity (Wildman–Crippen MR) is 77.1 cm³/mol. The predicted octanol–water partition coefficient (Wildman–Crippen LogP) is 4.33. The van der Waals surface area contributed by atoms with Gasteiger partial charge in [-0.2, -0.15) is 0 Å². The molecule has 0 aliphatic heterocycles. The lowest BCUT2D eigenvalue weighted by Crippen LogP contribution is -2.09. The Morgan fingerprint density at radius 3 is 2.37 bits per heavy atom. The Morgan fingerprint density at radius 1 is 1.11 bits per heavy atom. The van der Waals surface area contributed by atoms with Crippen molar-refractivity contribution in [2.24, 2.45) is 0 Å². The molecule has 0 bridgehead atoms. The Bertz CT molecular complexity index is 596. The zero-order valence-electron chi connectivity index (χ0n) is 10.0. The first-order chi connectivity index (χ1) is 9.10. The first kappa shape index (κ1) is 13.9. The molecule has 0 saturated carbocycles. The van der Waals surface area contributed by atoms with Gasteiger partial charge in [0.2, 0.25) is 0 Å². The van der Waals surface area contributed by atoms with Gasteiger partial charge in [0.05, 0.1) is 12.7 Å². The normalized spacial score (nSPS) is 10.1. The third-order valence-electron chi connectivity index (χ3n) is 2.42. The van der Waals surface area contributed by atoms with Gasteiger partial charge in [-0.15, -0.1) is 0 Å². The second-order valence-corrected chi connectivity index (χ2v) is 4.98. The van der Waals surface area contributed by atoms with E-state index >= 15 is 0 Å². The Balaban J connectivity index is 2.22. The molecular weight excluding hydrogens is 332 g/mol. The number of hydrogen-bond acceptors (Lipinski definition) is 3. The van der Waals surface area contributed by atoms with Crippen molar-refractivity contribution in [2.75, 3.05) is 7.11 Å². The van der Waals surface area contributed by atoms with Crippen LogP contribution in [0.4, 0.5) is 0 Å². The van der Waals surface area contributed by atoms with Crippen LogP contribution in [0.2, 0.25) is 5.02 Å². The summed E-state index contributed by atoms with van der Waals surface area (Å²) in [7, 11) is 1.54. The fourth-order valence-corrected chi connectivity index (χ4v) is 1.99. The second-order valence-electron chi connectivity index (χ2n) is 3.69. The van der Waals surface area contributed by atoms with Gasteiger partial charge in [-0.3, -0.25) is 0 Å². The Kier molecular flexibility index (Phi) is 4.45. The van der Waals surface area contributed by atoms with E-state index in [0.29, 0.717) is 26.6 Å². The summed E-state index contributed by atoms with van der Waals surface area (Å²) in [5.41, 5.74) is 0.397. The van der Waals surface area contributed by atoms with Crippen LogP contribution < -0.4 is 9.47 Å². The third kappa shape index (κ3) is 3.49. The van der Waals surface area contributed by atoms with Gasteiger partial charge < -0.3 is 9.47 Å². The van der Waals surface area contributed by atoms with E-state index in [4.69, 9.17) is 21.1 Å². The van der Waals surface area contributed by atoms with Crippen LogP contribution in [-0.2, 0) is 0 Å². The fourth-order valence-electron chi connectivity index (χ4n) is 1.45. The maximum atomic E-state index is 12.0. The topological polar surface area (TPSA) is 35.5 Å². The smallest absolute Gasteiger partial charge is 0.344 e. The Morgan fingerprint density at radius 2 is 1.74 bits per heavy atom. The van der Waals surface area contributed by atoms with Crippen LogP contribution in [0.3, 0.4) is 0 Å². The number of carbonyl (C=O) groups excluding carboxylic acids is 1. The van der Waals surface area contributed by atoms with E-state index in [1.54, 1.807) is 42.5 Å². The van der Waals surface area contributed by atoms with Crippen molar-refractivity contribution in [2.45, 2.75) is 0 Å². The number of carbonyl (C=O) groups is 1. The van der Waals surface area contributed by atoms with Gasteiger partial charge in [0.15, 0.2) is 0 Å². The summed E-state index contributed by atoms with van der Waals surface area (Å²) in [6, 6.07) is 11.7. The molecule has 0 amide bonds. The molecule has 98 valence electrons. The number of hydrogen-bond donors (Lipinski definition) is 0. The summed E-state index contributed by atoms with van der Waals surface area (Å²) in [4.78, 5) is 12.0. The number of methoxy groups -OCH3 is 1. The highest BCUT2D eigenvalue weighted by Gasteiger charge is 2.13. The first-order valence-corrected chi connectivity index (χ1v) is 6.58. The molecule has 2 aromatic rings. The van der Waals surface area contributed by atoms with E-state index in [9.17, 15) is 4.79 Å². The maximum absolute atomic E-state index is 12.0.